The molecule has 0 atom stereocenters. The third-order valence-electron chi connectivity index (χ3n) is 3.31. The summed E-state index contributed by atoms with van der Waals surface area (Å²) < 4.78 is 5.53. The van der Waals surface area contributed by atoms with Gasteiger partial charge in [0, 0.05) is 26.2 Å². The number of hydrogen-bond donors (Lipinski definition) is 0. The Hall–Kier alpha value is -1.74. The van der Waals surface area contributed by atoms with E-state index in [-0.39, 0.29) is 5.91 Å². The largest absolute Gasteiger partial charge is 0.461 e. The SMILES string of the molecule is CN(C)C(=O)c1ccccc1.CN(C)Cc1ccccc1.C[SiH](C)O[SiH](C)C. The lowest BCUT2D eigenvalue weighted by Crippen LogP contribution is -2.21. The van der Waals surface area contributed by atoms with Gasteiger partial charge in [-0.15, -0.1) is 0 Å². The first-order valence-electron chi connectivity index (χ1n) is 9.74. The van der Waals surface area contributed by atoms with Crippen LogP contribution in [0.15, 0.2) is 60.7 Å². The fourth-order valence-corrected chi connectivity index (χ4v) is 6.69. The van der Waals surface area contributed by atoms with E-state index in [0.29, 0.717) is 0 Å². The topological polar surface area (TPSA) is 32.8 Å². The molecular weight excluding hydrogens is 380 g/mol. The van der Waals surface area contributed by atoms with Gasteiger partial charge in [0.2, 0.25) is 0 Å². The summed E-state index contributed by atoms with van der Waals surface area (Å²) >= 11 is 0. The minimum atomic E-state index is -0.667. The second kappa shape index (κ2) is 15.2. The lowest BCUT2D eigenvalue weighted by Gasteiger charge is -2.08. The van der Waals surface area contributed by atoms with Crippen LogP contribution >= 0.6 is 0 Å². The minimum Gasteiger partial charge on any atom is -0.461 e. The molecule has 0 saturated carbocycles. The average Bonchev–Trinajstić information content (AvgIpc) is 2.62. The molecule has 6 heteroatoms. The highest BCUT2D eigenvalue weighted by atomic mass is 28.4. The Kier molecular flexibility index (Phi) is 14.3. The standard InChI is InChI=1S/C9H11NO.C9H13N.C4H14OSi2/c1-10(2)9(11)8-6-4-3-5-7-8;1-10(2)8-9-6-4-3-5-7-9;1-6(2)5-7(3)4/h3-7H,1-2H3;3-7H,8H2,1-2H3;6-7H,1-4H3. The maximum Gasteiger partial charge on any atom is 0.253 e. The van der Waals surface area contributed by atoms with E-state index in [0.717, 1.165) is 12.1 Å². The third-order valence-corrected chi connectivity index (χ3v) is 7.67. The molecule has 2 aromatic carbocycles. The van der Waals surface area contributed by atoms with Crippen LogP contribution in [-0.2, 0) is 10.7 Å². The normalized spacial score (nSPS) is 10.1. The highest BCUT2D eigenvalue weighted by molar-refractivity contribution is 6.63. The average molecular weight is 419 g/mol. The van der Waals surface area contributed by atoms with Crippen LogP contribution in [0, 0.1) is 0 Å². The summed E-state index contributed by atoms with van der Waals surface area (Å²) in [6.45, 7) is 9.89. The van der Waals surface area contributed by atoms with Crippen molar-refractivity contribution in [2.45, 2.75) is 32.7 Å². The molecule has 28 heavy (non-hydrogen) atoms. The third kappa shape index (κ3) is 14.3. The zero-order valence-electron chi connectivity index (χ0n) is 18.8. The van der Waals surface area contributed by atoms with Crippen LogP contribution in [0.4, 0.5) is 0 Å². The van der Waals surface area contributed by atoms with Crippen molar-refractivity contribution < 1.29 is 8.91 Å². The highest BCUT2D eigenvalue weighted by Crippen LogP contribution is 2.01. The molecule has 0 spiro atoms. The van der Waals surface area contributed by atoms with Crippen LogP contribution in [0.25, 0.3) is 0 Å². The van der Waals surface area contributed by atoms with Crippen molar-refractivity contribution in [1.29, 1.82) is 0 Å². The van der Waals surface area contributed by atoms with Crippen molar-refractivity contribution in [2.75, 3.05) is 28.2 Å². The van der Waals surface area contributed by atoms with E-state index < -0.39 is 18.1 Å². The van der Waals surface area contributed by atoms with E-state index in [9.17, 15) is 4.79 Å². The van der Waals surface area contributed by atoms with E-state index in [1.807, 2.05) is 36.4 Å². The minimum absolute atomic E-state index is 0.0469. The number of carbonyl (C=O) groups is 1. The molecule has 156 valence electrons. The van der Waals surface area contributed by atoms with Crippen LogP contribution < -0.4 is 0 Å². The van der Waals surface area contributed by atoms with Gasteiger partial charge in [0.1, 0.15) is 0 Å². The van der Waals surface area contributed by atoms with Crippen molar-refractivity contribution in [2.24, 2.45) is 0 Å². The Balaban J connectivity index is 0.000000402. The molecule has 0 radical (unpaired) electrons. The Labute approximate surface area is 175 Å². The van der Waals surface area contributed by atoms with Crippen molar-refractivity contribution in [3.8, 4) is 0 Å². The van der Waals surface area contributed by atoms with Crippen LogP contribution in [-0.4, -0.2) is 62.0 Å². The molecule has 0 aromatic heterocycles. The summed E-state index contributed by atoms with van der Waals surface area (Å²) in [5.74, 6) is 0.0469. The second-order valence-corrected chi connectivity index (χ2v) is 12.8. The summed E-state index contributed by atoms with van der Waals surface area (Å²) in [5.41, 5.74) is 2.10. The van der Waals surface area contributed by atoms with Crippen molar-refractivity contribution >= 4 is 24.0 Å². The van der Waals surface area contributed by atoms with E-state index >= 15 is 0 Å². The molecule has 0 aliphatic rings. The van der Waals surface area contributed by atoms with E-state index in [1.165, 1.54) is 5.56 Å². The Morgan fingerprint density at radius 3 is 1.54 bits per heavy atom. The van der Waals surface area contributed by atoms with E-state index in [4.69, 9.17) is 4.12 Å². The molecule has 0 aliphatic heterocycles. The Bertz CT molecular complexity index is 627. The number of amides is 1. The molecular formula is C22H38N2O2Si2. The zero-order valence-corrected chi connectivity index (χ0v) is 21.2. The quantitative estimate of drug-likeness (QED) is 0.685. The summed E-state index contributed by atoms with van der Waals surface area (Å²) in [6, 6.07) is 19.7. The first kappa shape index (κ1) is 26.3. The van der Waals surface area contributed by atoms with Crippen molar-refractivity contribution in [3.63, 3.8) is 0 Å². The molecule has 1 amide bonds. The van der Waals surface area contributed by atoms with Gasteiger partial charge in [-0.3, -0.25) is 4.79 Å². The Morgan fingerprint density at radius 1 is 0.786 bits per heavy atom. The second-order valence-electron chi connectivity index (χ2n) is 7.52. The smallest absolute Gasteiger partial charge is 0.253 e. The van der Waals surface area contributed by atoms with E-state index in [1.54, 1.807) is 19.0 Å². The maximum absolute atomic E-state index is 11.3. The molecule has 0 fully saturated rings. The molecule has 4 nitrogen and oxygen atoms in total. The summed E-state index contributed by atoms with van der Waals surface area (Å²) in [5, 5.41) is 0. The van der Waals surface area contributed by atoms with Crippen molar-refractivity contribution in [3.05, 3.63) is 71.8 Å². The monoisotopic (exact) mass is 418 g/mol. The lowest BCUT2D eigenvalue weighted by molar-refractivity contribution is 0.0827. The van der Waals surface area contributed by atoms with Gasteiger partial charge in [0.15, 0.2) is 18.1 Å². The first-order valence-corrected chi connectivity index (χ1v) is 15.3. The Morgan fingerprint density at radius 2 is 1.21 bits per heavy atom. The van der Waals surface area contributed by atoms with Crippen LogP contribution in [0.1, 0.15) is 15.9 Å². The predicted octanol–water partition coefficient (Wildman–Crippen LogP) is 4.11. The summed E-state index contributed by atoms with van der Waals surface area (Å²) in [7, 11) is 6.31. The van der Waals surface area contributed by atoms with Crippen LogP contribution in [0.2, 0.25) is 26.2 Å². The predicted molar refractivity (Wildman–Crippen MR) is 127 cm³/mol. The van der Waals surface area contributed by atoms with Gasteiger partial charge in [0.05, 0.1) is 0 Å². The number of carbonyl (C=O) groups excluding carboxylic acids is 1. The van der Waals surface area contributed by atoms with E-state index in [2.05, 4.69) is 69.4 Å². The molecule has 0 aliphatic carbocycles. The van der Waals surface area contributed by atoms with Gasteiger partial charge in [-0.05, 0) is 58.0 Å². The molecule has 0 saturated heterocycles. The number of nitrogens with zero attached hydrogens (tertiary/aromatic N) is 2. The fourth-order valence-electron chi connectivity index (χ4n) is 2.33. The molecule has 2 aromatic rings. The molecule has 0 bridgehead atoms. The first-order chi connectivity index (χ1) is 13.1. The summed E-state index contributed by atoms with van der Waals surface area (Å²) in [6.07, 6.45) is 0. The molecule has 0 N–H and O–H groups in total. The number of hydrogen-bond acceptors (Lipinski definition) is 3. The fraction of sp³-hybridized carbons (Fsp3) is 0.409. The summed E-state index contributed by atoms with van der Waals surface area (Å²) in [4.78, 5) is 15.0. The zero-order chi connectivity index (χ0) is 21.5. The number of benzene rings is 2. The highest BCUT2D eigenvalue weighted by Gasteiger charge is 2.04. The van der Waals surface area contributed by atoms with Gasteiger partial charge in [0.25, 0.3) is 5.91 Å². The number of rotatable bonds is 5. The van der Waals surface area contributed by atoms with Gasteiger partial charge >= 0.3 is 0 Å². The van der Waals surface area contributed by atoms with Crippen molar-refractivity contribution in [1.82, 2.24) is 9.80 Å². The molecule has 2 rings (SSSR count). The van der Waals surface area contributed by atoms with Gasteiger partial charge in [-0.25, -0.2) is 0 Å². The van der Waals surface area contributed by atoms with Crippen LogP contribution in [0.5, 0.6) is 0 Å². The van der Waals surface area contributed by atoms with Gasteiger partial charge < -0.3 is 13.9 Å². The lowest BCUT2D eigenvalue weighted by atomic mass is 10.2. The van der Waals surface area contributed by atoms with Gasteiger partial charge in [-0.1, -0.05) is 48.5 Å². The molecule has 0 unspecified atom stereocenters. The van der Waals surface area contributed by atoms with Crippen LogP contribution in [0.3, 0.4) is 0 Å². The maximum atomic E-state index is 11.3. The van der Waals surface area contributed by atoms with Gasteiger partial charge in [-0.2, -0.15) is 0 Å². The molecule has 0 heterocycles.